The van der Waals surface area contributed by atoms with E-state index < -0.39 is 19.0 Å². The molecule has 0 aliphatic heterocycles. The molecule has 4 nitrogen and oxygen atoms in total. The molecule has 0 saturated carbocycles. The first-order chi connectivity index (χ1) is 2.00. The number of hydrogen-bond acceptors (Lipinski definition) is 2. The van der Waals surface area contributed by atoms with Gasteiger partial charge in [0, 0.05) is 29.6 Å². The quantitative estimate of drug-likeness (QED) is 0.455. The Labute approximate surface area is 61.1 Å². The molecule has 0 aliphatic rings. The van der Waals surface area contributed by atoms with Gasteiger partial charge in [-0.05, 0) is 0 Å². The van der Waals surface area contributed by atoms with Gasteiger partial charge in [-0.1, -0.05) is 0 Å². The molecule has 0 saturated heterocycles. The number of rotatable bonds is 0. The van der Waals surface area contributed by atoms with Gasteiger partial charge < -0.3 is 0 Å². The van der Waals surface area contributed by atoms with E-state index in [1.165, 1.54) is 0 Å². The molecule has 0 aromatic carbocycles. The Morgan fingerprint density at radius 2 is 1.17 bits per heavy atom. The Kier molecular flexibility index (Phi) is 5.73. The first kappa shape index (κ1) is 10.3. The molecule has 1 radical (unpaired) electrons. The fraction of sp³-hybridized carbons (Fsp3) is 0. The van der Waals surface area contributed by atoms with Crippen LogP contribution >= 0.6 is 0 Å². The van der Waals surface area contributed by atoms with Crippen LogP contribution in [0, 0.1) is 0 Å². The van der Waals surface area contributed by atoms with Crippen molar-refractivity contribution in [2.75, 3.05) is 0 Å². The molecule has 0 aromatic heterocycles. The minimum absolute atomic E-state index is 0. The molecular formula is H2NaO4Te. The zero-order valence-corrected chi connectivity index (χ0v) is 7.45. The monoisotopic (exact) mass is 219 g/mol. The summed E-state index contributed by atoms with van der Waals surface area (Å²) in [6.07, 6.45) is 0. The fourth-order valence-corrected chi connectivity index (χ4v) is 0. The van der Waals surface area contributed by atoms with Crippen molar-refractivity contribution in [3.8, 4) is 0 Å². The second kappa shape index (κ2) is 3.33. The van der Waals surface area contributed by atoms with E-state index in [0.29, 0.717) is 0 Å². The molecule has 0 heterocycles. The second-order valence-electron chi connectivity index (χ2n) is 0.448. The van der Waals surface area contributed by atoms with Gasteiger partial charge in [0.1, 0.15) is 0 Å². The zero-order chi connectivity index (χ0) is 4.50. The fourth-order valence-electron chi connectivity index (χ4n) is 0. The van der Waals surface area contributed by atoms with Gasteiger partial charge in [-0.2, -0.15) is 0 Å². The van der Waals surface area contributed by atoms with Gasteiger partial charge in [0.25, 0.3) is 0 Å². The average molecular weight is 217 g/mol. The third-order valence-electron chi connectivity index (χ3n) is 0. The molecule has 0 atom stereocenters. The third kappa shape index (κ3) is 57.5. The van der Waals surface area contributed by atoms with Crippen LogP contribution in [0.2, 0.25) is 0 Å². The first-order valence-corrected chi connectivity index (χ1v) is 4.69. The summed E-state index contributed by atoms with van der Waals surface area (Å²) in [7, 11) is 0. The van der Waals surface area contributed by atoms with E-state index in [2.05, 4.69) is 0 Å². The largest absolute Gasteiger partial charge is 0 e. The molecule has 2 N–H and O–H groups in total. The van der Waals surface area contributed by atoms with Gasteiger partial charge in [0.05, 0.1) is 0 Å². The Hall–Kier alpha value is 1.31. The van der Waals surface area contributed by atoms with Crippen LogP contribution in [0.5, 0.6) is 0 Å². The van der Waals surface area contributed by atoms with Gasteiger partial charge in [0.15, 0.2) is 0 Å². The van der Waals surface area contributed by atoms with Crippen LogP contribution in [0.3, 0.4) is 0 Å². The Bertz CT molecular complexity index is 90.7. The van der Waals surface area contributed by atoms with Crippen molar-refractivity contribution in [1.29, 1.82) is 0 Å². The summed E-state index contributed by atoms with van der Waals surface area (Å²) in [5.74, 6) is 0. The van der Waals surface area contributed by atoms with Crippen LogP contribution in [0.15, 0.2) is 0 Å². The summed E-state index contributed by atoms with van der Waals surface area (Å²) < 4.78 is 32.0. The summed E-state index contributed by atoms with van der Waals surface area (Å²) >= 11 is -5.52. The van der Waals surface area contributed by atoms with Gasteiger partial charge in [0.2, 0.25) is 0 Å². The smallest absolute Gasteiger partial charge is 0 e. The van der Waals surface area contributed by atoms with Gasteiger partial charge in [-0.25, -0.2) is 0 Å². The summed E-state index contributed by atoms with van der Waals surface area (Å²) in [4.78, 5) is 0. The molecule has 6 heteroatoms. The van der Waals surface area contributed by atoms with Crippen molar-refractivity contribution < 1.29 is 13.2 Å². The van der Waals surface area contributed by atoms with Crippen LogP contribution < -0.4 is 0 Å². The Morgan fingerprint density at radius 3 is 1.17 bits per heavy atom. The van der Waals surface area contributed by atoms with Crippen molar-refractivity contribution in [3.05, 3.63) is 0 Å². The molecule has 0 unspecified atom stereocenters. The summed E-state index contributed by atoms with van der Waals surface area (Å²) in [6, 6.07) is 0. The van der Waals surface area contributed by atoms with E-state index in [0.717, 1.165) is 0 Å². The molecule has 0 aliphatic carbocycles. The standard InChI is InChI=1S/Na.H2O4Te/c;1-5(2,3)4/h;(H2,1,2,3,4). The van der Waals surface area contributed by atoms with Crippen LogP contribution in [0.1, 0.15) is 0 Å². The van der Waals surface area contributed by atoms with Gasteiger partial charge >= 0.3 is 32.1 Å². The van der Waals surface area contributed by atoms with E-state index in [4.69, 9.17) is 13.2 Å². The van der Waals surface area contributed by atoms with E-state index in [9.17, 15) is 0 Å². The topological polar surface area (TPSA) is 74.6 Å². The molecule has 0 fully saturated rings. The summed E-state index contributed by atoms with van der Waals surface area (Å²) in [5.41, 5.74) is 0. The Balaban J connectivity index is 0. The van der Waals surface area contributed by atoms with Crippen molar-refractivity contribution in [2.24, 2.45) is 0 Å². The van der Waals surface area contributed by atoms with Crippen LogP contribution in [0.4, 0.5) is 0 Å². The summed E-state index contributed by atoms with van der Waals surface area (Å²) in [6.45, 7) is 0. The molecule has 0 amide bonds. The predicted octanol–water partition coefficient (Wildman–Crippen LogP) is -2.11. The second-order valence-corrected chi connectivity index (χ2v) is 3.00. The van der Waals surface area contributed by atoms with E-state index >= 15 is 0 Å². The van der Waals surface area contributed by atoms with Crippen LogP contribution in [0.25, 0.3) is 0 Å². The zero-order valence-electron chi connectivity index (χ0n) is 3.12. The molecule has 0 rings (SSSR count). The van der Waals surface area contributed by atoms with Gasteiger partial charge in [-0.3, -0.25) is 0 Å². The van der Waals surface area contributed by atoms with E-state index in [1.54, 1.807) is 0 Å². The third-order valence-corrected chi connectivity index (χ3v) is 0. The predicted molar refractivity (Wildman–Crippen MR) is 17.3 cm³/mol. The first-order valence-electron chi connectivity index (χ1n) is 0.698. The normalized spacial score (nSPS) is 9.67. The van der Waals surface area contributed by atoms with Gasteiger partial charge in [-0.15, -0.1) is 0 Å². The van der Waals surface area contributed by atoms with E-state index in [1.807, 2.05) is 0 Å². The maximum absolute atomic E-state index is 8.85. The maximum atomic E-state index is 8.85. The van der Waals surface area contributed by atoms with E-state index in [-0.39, 0.29) is 29.6 Å². The van der Waals surface area contributed by atoms with Crippen LogP contribution in [-0.2, 0) is 6.21 Å². The molecule has 0 spiro atoms. The molecule has 6 heavy (non-hydrogen) atoms. The summed E-state index contributed by atoms with van der Waals surface area (Å²) in [5, 5.41) is 0. The van der Waals surface area contributed by atoms with Crippen molar-refractivity contribution in [2.45, 2.75) is 0 Å². The number of hydrogen-bond donors (Lipinski definition) is 2. The maximum Gasteiger partial charge on any atom is 0 e. The molecule has 33 valence electrons. The SMILES string of the molecule is O=[Te](=O)(O)O.[Na]. The average Bonchev–Trinajstić information content (AvgIpc) is 0.722. The van der Waals surface area contributed by atoms with Crippen molar-refractivity contribution >= 4 is 48.5 Å². The molecule has 0 aromatic rings. The Morgan fingerprint density at radius 1 is 1.17 bits per heavy atom. The molecular weight excluding hydrogens is 215 g/mol. The van der Waals surface area contributed by atoms with Crippen molar-refractivity contribution in [1.82, 2.24) is 0 Å². The van der Waals surface area contributed by atoms with Crippen LogP contribution in [-0.4, -0.2) is 55.5 Å². The minimum atomic E-state index is -5.52. The van der Waals surface area contributed by atoms with Crippen molar-refractivity contribution in [3.63, 3.8) is 0 Å². The minimum Gasteiger partial charge on any atom is 0 e. The molecule has 0 bridgehead atoms.